The third-order valence-corrected chi connectivity index (χ3v) is 38.1. The average molecular weight is 1770 g/mol. The third-order valence-electron chi connectivity index (χ3n) is 37.9. The Bertz CT molecular complexity index is 4010. The molecule has 6 unspecified atom stereocenters. The molecule has 10 saturated carbocycles. The van der Waals surface area contributed by atoms with Crippen molar-refractivity contribution in [3.8, 4) is 0 Å². The van der Waals surface area contributed by atoms with Crippen molar-refractivity contribution >= 4 is 64.7 Å². The van der Waals surface area contributed by atoms with Crippen LogP contribution in [0.3, 0.4) is 0 Å². The first-order chi connectivity index (χ1) is 58.4. The summed E-state index contributed by atoms with van der Waals surface area (Å²) in [6, 6.07) is 0.0860. The van der Waals surface area contributed by atoms with Gasteiger partial charge in [-0.25, -0.2) is 9.59 Å². The Labute approximate surface area is 754 Å². The molecule has 704 valence electrons. The number of esters is 2. The second kappa shape index (κ2) is 36.2. The van der Waals surface area contributed by atoms with Crippen molar-refractivity contribution in [1.29, 1.82) is 0 Å². The van der Waals surface area contributed by atoms with E-state index in [2.05, 4.69) is 106 Å². The Morgan fingerprint density at radius 2 is 0.752 bits per heavy atom. The SMILES string of the molecule is C=C(C)[C@H]1CC[C@]2(C(=O)N3CCN(C(=O)N4CCOCC4)CC3)CC[C@]3(C)[C@H](CCC4[C@@]5(C)CC[C@H](OC(=O)CC(C)(C)CC(=O)N6CCOCC6)C(C)(C)C5CC[C@]43C)C12.C=C(C)[C@H]1CC[C@]2(C(=O)N3CCN(C(=O)OC(C)(C)C)CC3)CC[C@]3(C)[C@H](CCC4[C@@]5(C)CC[C@H](OC(=O)CC(C)(C)CC(=O)O)C(C)(C)C5CC[C@]43C)C12.O=C(Cl)N1CCOCC1. The lowest BCUT2D eigenvalue weighted by Crippen LogP contribution is -2.68. The molecule has 24 heteroatoms. The number of piperazine rings is 2. The molecule has 0 aromatic rings. The first-order valence-corrected chi connectivity index (χ1v) is 49.2. The minimum absolute atomic E-state index is 0.0625. The number of ether oxygens (including phenoxy) is 6. The molecule has 0 bridgehead atoms. The van der Waals surface area contributed by atoms with Crippen LogP contribution in [0.1, 0.15) is 286 Å². The Morgan fingerprint density at radius 1 is 0.392 bits per heavy atom. The van der Waals surface area contributed by atoms with Gasteiger partial charge in [-0.3, -0.25) is 33.6 Å². The molecule has 15 aliphatic rings. The van der Waals surface area contributed by atoms with Crippen LogP contribution in [-0.4, -0.2) is 242 Å². The van der Waals surface area contributed by atoms with E-state index in [1.54, 1.807) is 9.80 Å². The third kappa shape index (κ3) is 18.2. The van der Waals surface area contributed by atoms with E-state index in [1.807, 2.05) is 63.2 Å². The summed E-state index contributed by atoms with van der Waals surface area (Å²) in [6.45, 7) is 63.7. The van der Waals surface area contributed by atoms with Gasteiger partial charge in [-0.15, -0.1) is 0 Å². The zero-order valence-corrected chi connectivity index (χ0v) is 81.3. The first kappa shape index (κ1) is 97.0. The number of morpholine rings is 3. The molecule has 5 heterocycles. The number of nitrogens with zero attached hydrogens (tertiary/aromatic N) is 7. The molecule has 5 aliphatic heterocycles. The van der Waals surface area contributed by atoms with Crippen LogP contribution in [0.15, 0.2) is 24.3 Å². The summed E-state index contributed by atoms with van der Waals surface area (Å²) in [5.41, 5.74) is 0.378. The minimum Gasteiger partial charge on any atom is -0.481 e. The molecule has 5 saturated heterocycles. The second-order valence-electron chi connectivity index (χ2n) is 47.6. The lowest BCUT2D eigenvalue weighted by Gasteiger charge is -2.73. The smallest absolute Gasteiger partial charge is 0.410 e. The summed E-state index contributed by atoms with van der Waals surface area (Å²) in [7, 11) is 0. The molecule has 15 fully saturated rings. The second-order valence-corrected chi connectivity index (χ2v) is 47.9. The van der Waals surface area contributed by atoms with Gasteiger partial charge < -0.3 is 67.8 Å². The average Bonchev–Trinajstić information content (AvgIpc) is 1.63. The number of carboxylic acids is 1. The van der Waals surface area contributed by atoms with Crippen molar-refractivity contribution in [2.75, 3.05) is 131 Å². The first-order valence-electron chi connectivity index (χ1n) is 48.9. The molecule has 15 rings (SSSR count). The summed E-state index contributed by atoms with van der Waals surface area (Å²) in [4.78, 5) is 132. The molecular formula is C101H162ClN7O16. The Hall–Kier alpha value is -5.52. The molecule has 20 atom stereocenters. The van der Waals surface area contributed by atoms with E-state index in [9.17, 15) is 38.7 Å². The van der Waals surface area contributed by atoms with Crippen molar-refractivity contribution in [3.05, 3.63) is 24.3 Å². The predicted octanol–water partition coefficient (Wildman–Crippen LogP) is 18.0. The monoisotopic (exact) mass is 1760 g/mol. The van der Waals surface area contributed by atoms with Crippen LogP contribution in [0.25, 0.3) is 0 Å². The number of halogens is 1. The quantitative estimate of drug-likeness (QED) is 0.0558. The van der Waals surface area contributed by atoms with Gasteiger partial charge in [0.25, 0.3) is 0 Å². The topological polar surface area (TPSA) is 252 Å². The van der Waals surface area contributed by atoms with Crippen molar-refractivity contribution in [1.82, 2.24) is 34.3 Å². The molecule has 0 aromatic carbocycles. The van der Waals surface area contributed by atoms with Crippen LogP contribution >= 0.6 is 11.6 Å². The predicted molar refractivity (Wildman–Crippen MR) is 483 cm³/mol. The van der Waals surface area contributed by atoms with Gasteiger partial charge in [-0.2, -0.15) is 0 Å². The molecule has 125 heavy (non-hydrogen) atoms. The van der Waals surface area contributed by atoms with Crippen LogP contribution in [0.4, 0.5) is 14.4 Å². The van der Waals surface area contributed by atoms with Crippen molar-refractivity contribution < 1.29 is 76.7 Å². The van der Waals surface area contributed by atoms with Gasteiger partial charge in [-0.1, -0.05) is 121 Å². The van der Waals surface area contributed by atoms with Gasteiger partial charge in [0.15, 0.2) is 0 Å². The fourth-order valence-electron chi connectivity index (χ4n) is 31.3. The van der Waals surface area contributed by atoms with Crippen molar-refractivity contribution in [2.24, 2.45) is 124 Å². The maximum atomic E-state index is 15.2. The standard InChI is InChI=1S/C50H80N4O7.C46H74N2O7.C5H8ClNO2/c1-34(2)35-12-17-50(43(57)52-20-22-53(23-21-52)44(58)54-26-30-60-31-27-54)19-18-48(8)36(42(35)50)10-11-38-47(7)15-14-39(46(5,6)37(47)13-16-49(38,48)9)61-41(56)33-45(3,4)32-40(55)51-24-28-59-29-25-51;1-29(2)30-15-20-46(38(52)47-23-25-48(26-24-47)39(53)55-40(3,4)5)22-21-44(11)31(37(30)46)13-14-33-43(10)18-17-34(42(8,9)32(43)16-19-45(33,44)12)54-36(51)28-41(6,7)27-35(49)50;6-5(8)7-1-3-9-4-2-7/h35-39,42H,1,10-33H2,2-9H3;30-34,37H,1,13-28H2,2-12H3,(H,49,50);1-4H2/t35-,36-,37?,38?,39+,42?,47+,48-,49-,50+;30-,31-,32?,33?,34+,37?,43+,44-,45-,46+;/m11./s1. The van der Waals surface area contributed by atoms with E-state index in [-0.39, 0.29) is 127 Å². The van der Waals surface area contributed by atoms with Gasteiger partial charge in [0.05, 0.1) is 69.7 Å². The molecule has 1 N–H and O–H groups in total. The van der Waals surface area contributed by atoms with E-state index in [0.29, 0.717) is 203 Å². The van der Waals surface area contributed by atoms with Crippen LogP contribution in [0.2, 0.25) is 0 Å². The fraction of sp³-hybridized carbons (Fsp3) is 0.871. The van der Waals surface area contributed by atoms with Gasteiger partial charge in [-0.05, 0) is 277 Å². The maximum absolute atomic E-state index is 15.2. The maximum Gasteiger partial charge on any atom is 0.410 e. The summed E-state index contributed by atoms with van der Waals surface area (Å²) in [6.07, 6.45) is 20.9. The normalized spacial score (nSPS) is 38.4. The number of allylic oxidation sites excluding steroid dienone is 2. The number of rotatable bonds is 14. The van der Waals surface area contributed by atoms with Gasteiger partial charge in [0.2, 0.25) is 17.7 Å². The van der Waals surface area contributed by atoms with Crippen LogP contribution in [0, 0.1) is 124 Å². The molecule has 23 nitrogen and oxygen atoms in total. The Morgan fingerprint density at radius 3 is 1.12 bits per heavy atom. The van der Waals surface area contributed by atoms with Gasteiger partial charge in [0.1, 0.15) is 17.8 Å². The number of carbonyl (C=O) groups is 9. The number of hydrogen-bond donors (Lipinski definition) is 1. The summed E-state index contributed by atoms with van der Waals surface area (Å²) >= 11 is 5.19. The van der Waals surface area contributed by atoms with Crippen LogP contribution < -0.4 is 0 Å². The summed E-state index contributed by atoms with van der Waals surface area (Å²) in [5, 5.41) is 8.99. The number of urea groups is 1. The molecule has 0 aromatic heterocycles. The number of hydrogen-bond acceptors (Lipinski definition) is 15. The summed E-state index contributed by atoms with van der Waals surface area (Å²) < 4.78 is 34.4. The highest BCUT2D eigenvalue weighted by Crippen LogP contribution is 2.80. The molecule has 10 aliphatic carbocycles. The molecular weight excluding hydrogens is 1600 g/mol. The van der Waals surface area contributed by atoms with Crippen molar-refractivity contribution in [3.63, 3.8) is 0 Å². The van der Waals surface area contributed by atoms with Gasteiger partial charge in [0, 0.05) is 109 Å². The van der Waals surface area contributed by atoms with E-state index in [1.165, 1.54) is 17.6 Å². The fourth-order valence-corrected chi connectivity index (χ4v) is 31.5. The highest BCUT2D eigenvalue weighted by atomic mass is 35.5. The largest absolute Gasteiger partial charge is 0.481 e. The summed E-state index contributed by atoms with van der Waals surface area (Å²) in [5.74, 6) is 3.54. The lowest BCUT2D eigenvalue weighted by molar-refractivity contribution is -0.250. The van der Waals surface area contributed by atoms with Crippen LogP contribution in [0.5, 0.6) is 0 Å². The van der Waals surface area contributed by atoms with Crippen molar-refractivity contribution in [2.45, 2.75) is 303 Å². The molecule has 0 radical (unpaired) electrons. The van der Waals surface area contributed by atoms with E-state index >= 15 is 9.59 Å². The van der Waals surface area contributed by atoms with Crippen LogP contribution in [-0.2, 0) is 57.2 Å². The number of carboxylic acid groups (broad SMARTS) is 1. The lowest BCUT2D eigenvalue weighted by atomic mass is 9.32. The van der Waals surface area contributed by atoms with E-state index in [0.717, 1.165) is 122 Å². The van der Waals surface area contributed by atoms with Gasteiger partial charge >= 0.3 is 35.4 Å². The zero-order valence-electron chi connectivity index (χ0n) is 80.5. The number of amides is 7. The van der Waals surface area contributed by atoms with E-state index in [4.69, 9.17) is 40.0 Å². The Kier molecular flexibility index (Phi) is 28.1. The minimum atomic E-state index is -0.895. The van der Waals surface area contributed by atoms with E-state index < -0.39 is 22.4 Å². The highest BCUT2D eigenvalue weighted by Gasteiger charge is 2.75. The number of fused-ring (bicyclic) bond motifs is 14. The number of aliphatic carboxylic acids is 1. The molecule has 0 spiro atoms. The number of carbonyl (C=O) groups excluding carboxylic acids is 8. The zero-order chi connectivity index (χ0) is 91.2. The Balaban J connectivity index is 0.000000195. The highest BCUT2D eigenvalue weighted by molar-refractivity contribution is 6.62. The molecule has 7 amide bonds.